The Morgan fingerprint density at radius 3 is 2.05 bits per heavy atom. The normalized spacial score (nSPS) is 11.5. The second kappa shape index (κ2) is 7.39. The number of benzene rings is 1. The first-order valence-corrected chi connectivity index (χ1v) is 7.98. The SMILES string of the molecule is CO[Si](CCCc1ccc(C(=O)O)cc1)(OC)OC. The number of aromatic carboxylic acids is 1. The molecule has 0 amide bonds. The summed E-state index contributed by atoms with van der Waals surface area (Å²) in [6.07, 6.45) is 1.71. The number of hydrogen-bond acceptors (Lipinski definition) is 4. The van der Waals surface area contributed by atoms with E-state index >= 15 is 0 Å². The highest BCUT2D eigenvalue weighted by Crippen LogP contribution is 2.17. The van der Waals surface area contributed by atoms with Gasteiger partial charge in [-0.2, -0.15) is 0 Å². The lowest BCUT2D eigenvalue weighted by atomic mass is 10.1. The number of rotatable bonds is 8. The van der Waals surface area contributed by atoms with Gasteiger partial charge in [-0.3, -0.25) is 0 Å². The first kappa shape index (κ1) is 15.8. The Bertz CT molecular complexity index is 392. The van der Waals surface area contributed by atoms with Gasteiger partial charge in [0.05, 0.1) is 5.56 Å². The summed E-state index contributed by atoms with van der Waals surface area (Å²) in [6.45, 7) is 0. The summed E-state index contributed by atoms with van der Waals surface area (Å²) < 4.78 is 16.0. The molecule has 1 rings (SSSR count). The fraction of sp³-hybridized carbons (Fsp3) is 0.462. The van der Waals surface area contributed by atoms with Crippen LogP contribution < -0.4 is 0 Å². The number of hydrogen-bond donors (Lipinski definition) is 1. The Hall–Kier alpha value is -1.21. The molecule has 19 heavy (non-hydrogen) atoms. The van der Waals surface area contributed by atoms with Gasteiger partial charge in [0, 0.05) is 27.4 Å². The van der Waals surface area contributed by atoms with Crippen LogP contribution >= 0.6 is 0 Å². The lowest BCUT2D eigenvalue weighted by Crippen LogP contribution is -2.42. The monoisotopic (exact) mass is 284 g/mol. The van der Waals surface area contributed by atoms with Crippen LogP contribution in [0.3, 0.4) is 0 Å². The third kappa shape index (κ3) is 4.43. The third-order valence-corrected chi connectivity index (χ3v) is 5.91. The quantitative estimate of drug-likeness (QED) is 0.741. The molecule has 0 heterocycles. The molecule has 0 radical (unpaired) electrons. The van der Waals surface area contributed by atoms with Crippen molar-refractivity contribution in [3.8, 4) is 0 Å². The molecule has 0 saturated carbocycles. The predicted octanol–water partition coefficient (Wildman–Crippen LogP) is 2.20. The standard InChI is InChI=1S/C13H20O5Si/c1-16-19(17-2,18-3)10-4-5-11-6-8-12(9-7-11)13(14)15/h6-9H,4-5,10H2,1-3H3,(H,14,15). The van der Waals surface area contributed by atoms with Crippen molar-refractivity contribution in [2.45, 2.75) is 18.9 Å². The van der Waals surface area contributed by atoms with Crippen molar-refractivity contribution in [3.63, 3.8) is 0 Å². The molecule has 5 nitrogen and oxygen atoms in total. The summed E-state index contributed by atoms with van der Waals surface area (Å²) in [4.78, 5) is 10.7. The lowest BCUT2D eigenvalue weighted by Gasteiger charge is -2.24. The minimum absolute atomic E-state index is 0.304. The first-order chi connectivity index (χ1) is 9.06. The van der Waals surface area contributed by atoms with E-state index in [9.17, 15) is 4.79 Å². The molecule has 1 aromatic rings. The maximum absolute atomic E-state index is 10.7. The maximum Gasteiger partial charge on any atom is 0.500 e. The molecular weight excluding hydrogens is 264 g/mol. The minimum Gasteiger partial charge on any atom is -0.478 e. The Kier molecular flexibility index (Phi) is 6.17. The molecular formula is C13H20O5Si. The van der Waals surface area contributed by atoms with Gasteiger partial charge in [-0.1, -0.05) is 12.1 Å². The van der Waals surface area contributed by atoms with Crippen LogP contribution in [-0.4, -0.2) is 41.2 Å². The van der Waals surface area contributed by atoms with Gasteiger partial charge in [0.2, 0.25) is 0 Å². The van der Waals surface area contributed by atoms with E-state index < -0.39 is 14.8 Å². The lowest BCUT2D eigenvalue weighted by molar-refractivity contribution is 0.0697. The molecule has 0 aromatic heterocycles. The summed E-state index contributed by atoms with van der Waals surface area (Å²) in [5.74, 6) is -0.906. The molecule has 0 unspecified atom stereocenters. The molecule has 0 atom stereocenters. The highest BCUT2D eigenvalue weighted by molar-refractivity contribution is 6.60. The average Bonchev–Trinajstić information content (AvgIpc) is 2.45. The van der Waals surface area contributed by atoms with E-state index in [2.05, 4.69) is 0 Å². The summed E-state index contributed by atoms with van der Waals surface area (Å²) in [5.41, 5.74) is 1.40. The Morgan fingerprint density at radius 2 is 1.63 bits per heavy atom. The van der Waals surface area contributed by atoms with E-state index in [-0.39, 0.29) is 0 Å². The van der Waals surface area contributed by atoms with E-state index in [4.69, 9.17) is 18.4 Å². The van der Waals surface area contributed by atoms with Crippen molar-refractivity contribution < 1.29 is 23.2 Å². The summed E-state index contributed by atoms with van der Waals surface area (Å²) >= 11 is 0. The van der Waals surface area contributed by atoms with E-state index in [1.807, 2.05) is 12.1 Å². The van der Waals surface area contributed by atoms with Gasteiger partial charge in [-0.15, -0.1) is 0 Å². The van der Waals surface area contributed by atoms with E-state index in [0.29, 0.717) is 5.56 Å². The molecule has 0 aliphatic heterocycles. The second-order valence-corrected chi connectivity index (χ2v) is 7.24. The van der Waals surface area contributed by atoms with Crippen molar-refractivity contribution in [2.24, 2.45) is 0 Å². The summed E-state index contributed by atoms with van der Waals surface area (Å²) in [5, 5.41) is 8.81. The topological polar surface area (TPSA) is 65.0 Å². The third-order valence-electron chi connectivity index (χ3n) is 3.08. The van der Waals surface area contributed by atoms with Gasteiger partial charge in [-0.05, 0) is 30.5 Å². The first-order valence-electron chi connectivity index (χ1n) is 6.04. The predicted molar refractivity (Wildman–Crippen MR) is 73.3 cm³/mol. The van der Waals surface area contributed by atoms with Crippen LogP contribution in [0.2, 0.25) is 6.04 Å². The van der Waals surface area contributed by atoms with Gasteiger partial charge in [0.25, 0.3) is 0 Å². The van der Waals surface area contributed by atoms with Crippen molar-refractivity contribution in [1.29, 1.82) is 0 Å². The zero-order valence-electron chi connectivity index (χ0n) is 11.5. The molecule has 0 spiro atoms. The average molecular weight is 284 g/mol. The summed E-state index contributed by atoms with van der Waals surface area (Å²) in [7, 11) is 2.30. The molecule has 106 valence electrons. The molecule has 0 saturated heterocycles. The molecule has 0 fully saturated rings. The zero-order chi connectivity index (χ0) is 14.3. The Labute approximate surface area is 114 Å². The van der Waals surface area contributed by atoms with Crippen LogP contribution in [0.5, 0.6) is 0 Å². The second-order valence-electron chi connectivity index (χ2n) is 4.15. The van der Waals surface area contributed by atoms with E-state index in [1.165, 1.54) is 0 Å². The number of aryl methyl sites for hydroxylation is 1. The van der Waals surface area contributed by atoms with Gasteiger partial charge < -0.3 is 18.4 Å². The van der Waals surface area contributed by atoms with Crippen LogP contribution in [0.25, 0.3) is 0 Å². The van der Waals surface area contributed by atoms with Gasteiger partial charge in [0.1, 0.15) is 0 Å². The number of carboxylic acid groups (broad SMARTS) is 1. The molecule has 1 N–H and O–H groups in total. The highest BCUT2D eigenvalue weighted by atomic mass is 28.4. The van der Waals surface area contributed by atoms with E-state index in [0.717, 1.165) is 24.4 Å². The van der Waals surface area contributed by atoms with Gasteiger partial charge >= 0.3 is 14.8 Å². The van der Waals surface area contributed by atoms with Crippen molar-refractivity contribution >= 4 is 14.8 Å². The molecule has 6 heteroatoms. The fourth-order valence-electron chi connectivity index (χ4n) is 1.88. The molecule has 0 aliphatic carbocycles. The van der Waals surface area contributed by atoms with Crippen LogP contribution in [-0.2, 0) is 19.7 Å². The van der Waals surface area contributed by atoms with Gasteiger partial charge in [-0.25, -0.2) is 4.79 Å². The van der Waals surface area contributed by atoms with Crippen LogP contribution in [0, 0.1) is 0 Å². The smallest absolute Gasteiger partial charge is 0.478 e. The minimum atomic E-state index is -2.49. The number of carboxylic acids is 1. The van der Waals surface area contributed by atoms with Crippen molar-refractivity contribution in [1.82, 2.24) is 0 Å². The van der Waals surface area contributed by atoms with E-state index in [1.54, 1.807) is 33.5 Å². The van der Waals surface area contributed by atoms with Crippen LogP contribution in [0.15, 0.2) is 24.3 Å². The maximum atomic E-state index is 10.7. The summed E-state index contributed by atoms with van der Waals surface area (Å²) in [6, 6.07) is 7.63. The van der Waals surface area contributed by atoms with Crippen LogP contribution in [0.1, 0.15) is 22.3 Å². The number of carbonyl (C=O) groups is 1. The molecule has 0 aliphatic rings. The van der Waals surface area contributed by atoms with Crippen molar-refractivity contribution in [2.75, 3.05) is 21.3 Å². The Balaban J connectivity index is 2.51. The fourth-order valence-corrected chi connectivity index (χ4v) is 3.60. The Morgan fingerprint density at radius 1 is 1.11 bits per heavy atom. The molecule has 1 aromatic carbocycles. The van der Waals surface area contributed by atoms with Crippen molar-refractivity contribution in [3.05, 3.63) is 35.4 Å². The highest BCUT2D eigenvalue weighted by Gasteiger charge is 2.36. The molecule has 0 bridgehead atoms. The zero-order valence-corrected chi connectivity index (χ0v) is 12.5. The largest absolute Gasteiger partial charge is 0.500 e. The van der Waals surface area contributed by atoms with Gasteiger partial charge in [0.15, 0.2) is 0 Å². The van der Waals surface area contributed by atoms with Crippen LogP contribution in [0.4, 0.5) is 0 Å².